The Kier molecular flexibility index (Phi) is 4.00. The molecule has 0 aliphatic carbocycles. The molecule has 2 heterocycles. The largest absolute Gasteiger partial charge is 0.293 e. The van der Waals surface area contributed by atoms with Crippen LogP contribution in [0.3, 0.4) is 0 Å². The topological polar surface area (TPSA) is 3.24 Å². The van der Waals surface area contributed by atoms with E-state index in [2.05, 4.69) is 35.2 Å². The standard InChI is InChI=1S/C13H17N.C2H6/c1-2-5-11(6-3-1)13-9-8-12-7-4-10-14(12)13;1-2/h1-3,5-6,12-13H,4,7-10H2;1-2H3. The fourth-order valence-electron chi connectivity index (χ4n) is 3.13. The van der Waals surface area contributed by atoms with Crippen LogP contribution in [0.4, 0.5) is 0 Å². The van der Waals surface area contributed by atoms with E-state index < -0.39 is 0 Å². The summed E-state index contributed by atoms with van der Waals surface area (Å²) in [6, 6.07) is 12.6. The van der Waals surface area contributed by atoms with Crippen molar-refractivity contribution in [2.45, 2.75) is 51.6 Å². The minimum absolute atomic E-state index is 0.726. The fraction of sp³-hybridized carbons (Fsp3) is 0.600. The highest BCUT2D eigenvalue weighted by atomic mass is 15.2. The van der Waals surface area contributed by atoms with Crippen LogP contribution in [0.2, 0.25) is 0 Å². The third-order valence-electron chi connectivity index (χ3n) is 3.78. The van der Waals surface area contributed by atoms with Crippen LogP contribution in [0.5, 0.6) is 0 Å². The lowest BCUT2D eigenvalue weighted by Crippen LogP contribution is -2.25. The van der Waals surface area contributed by atoms with Gasteiger partial charge in [-0.15, -0.1) is 0 Å². The SMILES string of the molecule is CC.c1ccc(C2CCC3CCCN32)cc1. The van der Waals surface area contributed by atoms with Crippen LogP contribution in [-0.2, 0) is 0 Å². The first kappa shape index (κ1) is 11.7. The van der Waals surface area contributed by atoms with Crippen molar-refractivity contribution in [2.75, 3.05) is 6.54 Å². The molecule has 2 aliphatic rings. The Labute approximate surface area is 99.5 Å². The maximum atomic E-state index is 2.72. The molecule has 88 valence electrons. The van der Waals surface area contributed by atoms with Gasteiger partial charge in [-0.05, 0) is 37.8 Å². The summed E-state index contributed by atoms with van der Waals surface area (Å²) in [5, 5.41) is 0. The molecule has 2 aliphatic heterocycles. The number of fused-ring (bicyclic) bond motifs is 1. The van der Waals surface area contributed by atoms with Crippen molar-refractivity contribution in [2.24, 2.45) is 0 Å². The van der Waals surface area contributed by atoms with E-state index >= 15 is 0 Å². The third kappa shape index (κ3) is 2.15. The number of hydrogen-bond acceptors (Lipinski definition) is 1. The van der Waals surface area contributed by atoms with Crippen LogP contribution >= 0.6 is 0 Å². The van der Waals surface area contributed by atoms with E-state index in [-0.39, 0.29) is 0 Å². The molecule has 2 atom stereocenters. The molecule has 0 radical (unpaired) electrons. The molecule has 2 fully saturated rings. The second kappa shape index (κ2) is 5.49. The molecule has 2 unspecified atom stereocenters. The summed E-state index contributed by atoms with van der Waals surface area (Å²) in [6.45, 7) is 5.32. The van der Waals surface area contributed by atoms with Crippen LogP contribution in [0, 0.1) is 0 Å². The third-order valence-corrected chi connectivity index (χ3v) is 3.78. The molecular formula is C15H23N. The normalized spacial score (nSPS) is 28.4. The zero-order valence-corrected chi connectivity index (χ0v) is 10.5. The number of benzene rings is 1. The Morgan fingerprint density at radius 3 is 2.50 bits per heavy atom. The summed E-state index contributed by atoms with van der Waals surface area (Å²) in [5.74, 6) is 0. The molecule has 1 nitrogen and oxygen atoms in total. The summed E-state index contributed by atoms with van der Waals surface area (Å²) in [4.78, 5) is 2.72. The predicted octanol–water partition coefficient (Wildman–Crippen LogP) is 4.01. The van der Waals surface area contributed by atoms with Gasteiger partial charge in [0, 0.05) is 12.1 Å². The van der Waals surface area contributed by atoms with Gasteiger partial charge in [-0.25, -0.2) is 0 Å². The van der Waals surface area contributed by atoms with Gasteiger partial charge in [0.1, 0.15) is 0 Å². The van der Waals surface area contributed by atoms with Crippen molar-refractivity contribution in [1.82, 2.24) is 4.90 Å². The molecule has 1 aromatic carbocycles. The average molecular weight is 217 g/mol. The molecule has 0 bridgehead atoms. The van der Waals surface area contributed by atoms with Crippen molar-refractivity contribution >= 4 is 0 Å². The van der Waals surface area contributed by atoms with Crippen molar-refractivity contribution in [3.63, 3.8) is 0 Å². The lowest BCUT2D eigenvalue weighted by Gasteiger charge is -2.23. The van der Waals surface area contributed by atoms with Gasteiger partial charge in [0.2, 0.25) is 0 Å². The second-order valence-electron chi connectivity index (χ2n) is 4.54. The molecule has 1 heteroatoms. The van der Waals surface area contributed by atoms with E-state index in [1.165, 1.54) is 37.8 Å². The Bertz CT molecular complexity index is 306. The van der Waals surface area contributed by atoms with E-state index in [4.69, 9.17) is 0 Å². The molecule has 0 aromatic heterocycles. The van der Waals surface area contributed by atoms with E-state index in [0.717, 1.165) is 12.1 Å². The molecule has 0 spiro atoms. The first-order valence-corrected chi connectivity index (χ1v) is 6.76. The Morgan fingerprint density at radius 2 is 1.75 bits per heavy atom. The quantitative estimate of drug-likeness (QED) is 0.687. The van der Waals surface area contributed by atoms with E-state index in [9.17, 15) is 0 Å². The van der Waals surface area contributed by atoms with Crippen molar-refractivity contribution in [1.29, 1.82) is 0 Å². The van der Waals surface area contributed by atoms with Crippen molar-refractivity contribution < 1.29 is 0 Å². The van der Waals surface area contributed by atoms with Gasteiger partial charge < -0.3 is 0 Å². The van der Waals surface area contributed by atoms with Gasteiger partial charge in [-0.2, -0.15) is 0 Å². The molecule has 0 saturated carbocycles. The Hall–Kier alpha value is -0.820. The lowest BCUT2D eigenvalue weighted by atomic mass is 10.0. The summed E-state index contributed by atoms with van der Waals surface area (Å²) >= 11 is 0. The minimum atomic E-state index is 0.726. The highest BCUT2D eigenvalue weighted by Gasteiger charge is 2.36. The van der Waals surface area contributed by atoms with Crippen molar-refractivity contribution in [3.8, 4) is 0 Å². The first-order chi connectivity index (χ1) is 7.95. The second-order valence-corrected chi connectivity index (χ2v) is 4.54. The molecule has 16 heavy (non-hydrogen) atoms. The van der Waals surface area contributed by atoms with E-state index in [0.29, 0.717) is 0 Å². The van der Waals surface area contributed by atoms with Crippen LogP contribution in [0.25, 0.3) is 0 Å². The van der Waals surface area contributed by atoms with Gasteiger partial charge in [0.05, 0.1) is 0 Å². The molecule has 0 N–H and O–H groups in total. The summed E-state index contributed by atoms with van der Waals surface area (Å²) in [7, 11) is 0. The highest BCUT2D eigenvalue weighted by molar-refractivity contribution is 5.21. The van der Waals surface area contributed by atoms with Crippen molar-refractivity contribution in [3.05, 3.63) is 35.9 Å². The molecule has 1 aromatic rings. The van der Waals surface area contributed by atoms with E-state index in [1.54, 1.807) is 0 Å². The zero-order chi connectivity index (χ0) is 11.4. The monoisotopic (exact) mass is 217 g/mol. The van der Waals surface area contributed by atoms with Crippen LogP contribution in [0.1, 0.15) is 51.1 Å². The van der Waals surface area contributed by atoms with Gasteiger partial charge in [-0.3, -0.25) is 4.90 Å². The maximum absolute atomic E-state index is 2.72. The number of rotatable bonds is 1. The average Bonchev–Trinajstić information content (AvgIpc) is 2.94. The van der Waals surface area contributed by atoms with Gasteiger partial charge in [-0.1, -0.05) is 44.2 Å². The zero-order valence-electron chi connectivity index (χ0n) is 10.5. The summed E-state index contributed by atoms with van der Waals surface area (Å²) in [5.41, 5.74) is 1.52. The van der Waals surface area contributed by atoms with Gasteiger partial charge >= 0.3 is 0 Å². The Balaban J connectivity index is 0.000000457. The van der Waals surface area contributed by atoms with Gasteiger partial charge in [0.25, 0.3) is 0 Å². The predicted molar refractivity (Wildman–Crippen MR) is 69.5 cm³/mol. The molecule has 2 saturated heterocycles. The molecule has 0 amide bonds. The van der Waals surface area contributed by atoms with Crippen LogP contribution in [-0.4, -0.2) is 17.5 Å². The fourth-order valence-corrected chi connectivity index (χ4v) is 3.13. The molecular weight excluding hydrogens is 194 g/mol. The first-order valence-electron chi connectivity index (χ1n) is 6.76. The number of nitrogens with zero attached hydrogens (tertiary/aromatic N) is 1. The minimum Gasteiger partial charge on any atom is -0.293 e. The summed E-state index contributed by atoms with van der Waals surface area (Å²) in [6.07, 6.45) is 5.63. The molecule has 3 rings (SSSR count). The van der Waals surface area contributed by atoms with E-state index in [1.807, 2.05) is 13.8 Å². The smallest absolute Gasteiger partial charge is 0.0351 e. The lowest BCUT2D eigenvalue weighted by molar-refractivity contribution is 0.248. The highest BCUT2D eigenvalue weighted by Crippen LogP contribution is 2.40. The van der Waals surface area contributed by atoms with Crippen LogP contribution in [0.15, 0.2) is 30.3 Å². The Morgan fingerprint density at radius 1 is 1.00 bits per heavy atom. The van der Waals surface area contributed by atoms with Gasteiger partial charge in [0.15, 0.2) is 0 Å². The number of hydrogen-bond donors (Lipinski definition) is 0. The maximum Gasteiger partial charge on any atom is 0.0351 e. The summed E-state index contributed by atoms with van der Waals surface area (Å²) < 4.78 is 0. The van der Waals surface area contributed by atoms with Crippen LogP contribution < -0.4 is 0 Å².